The highest BCUT2D eigenvalue weighted by molar-refractivity contribution is 5.90. The van der Waals surface area contributed by atoms with E-state index in [2.05, 4.69) is 5.32 Å². The average molecular weight is 291 g/mol. The third-order valence-corrected chi connectivity index (χ3v) is 3.72. The zero-order valence-corrected chi connectivity index (χ0v) is 10.9. The van der Waals surface area contributed by atoms with Gasteiger partial charge in [0.15, 0.2) is 0 Å². The second-order valence-electron chi connectivity index (χ2n) is 5.01. The van der Waals surface area contributed by atoms with Crippen molar-refractivity contribution in [2.24, 2.45) is 0 Å². The first-order valence-corrected chi connectivity index (χ1v) is 6.41. The lowest BCUT2D eigenvalue weighted by Gasteiger charge is -2.26. The van der Waals surface area contributed by atoms with Crippen molar-refractivity contribution in [2.45, 2.75) is 19.0 Å². The van der Waals surface area contributed by atoms with Gasteiger partial charge in [-0.25, -0.2) is 0 Å². The third kappa shape index (κ3) is 2.09. The zero-order valence-electron chi connectivity index (χ0n) is 10.9. The Balaban J connectivity index is 2.21. The Kier molecular flexibility index (Phi) is 3.02. The van der Waals surface area contributed by atoms with Crippen molar-refractivity contribution in [3.8, 4) is 5.75 Å². The van der Waals surface area contributed by atoms with Crippen molar-refractivity contribution in [3.63, 3.8) is 0 Å². The van der Waals surface area contributed by atoms with Crippen LogP contribution in [0, 0.1) is 10.1 Å². The highest BCUT2D eigenvalue weighted by atomic mass is 16.6. The number of rotatable bonds is 3. The summed E-state index contributed by atoms with van der Waals surface area (Å²) in [5, 5.41) is 33.5. The van der Waals surface area contributed by atoms with Crippen LogP contribution in [0.2, 0.25) is 0 Å². The van der Waals surface area contributed by atoms with Gasteiger partial charge < -0.3 is 20.1 Å². The van der Waals surface area contributed by atoms with E-state index >= 15 is 0 Å². The number of aromatic nitrogens is 1. The summed E-state index contributed by atoms with van der Waals surface area (Å²) in [5.74, 6) is -0.964. The molecule has 2 heterocycles. The topological polar surface area (TPSA) is 118 Å². The minimum absolute atomic E-state index is 0.0312. The van der Waals surface area contributed by atoms with Gasteiger partial charge >= 0.3 is 5.97 Å². The quantitative estimate of drug-likeness (QED) is 0.580. The summed E-state index contributed by atoms with van der Waals surface area (Å²) >= 11 is 0. The molecule has 1 unspecified atom stereocenters. The highest BCUT2D eigenvalue weighted by Crippen LogP contribution is 2.38. The van der Waals surface area contributed by atoms with Crippen LogP contribution in [0.1, 0.15) is 18.2 Å². The minimum Gasteiger partial charge on any atom is -0.505 e. The molecule has 2 aromatic rings. The number of carboxylic acids is 1. The molecule has 0 radical (unpaired) electrons. The largest absolute Gasteiger partial charge is 0.505 e. The first-order valence-electron chi connectivity index (χ1n) is 6.41. The molecule has 0 aliphatic carbocycles. The van der Waals surface area contributed by atoms with E-state index in [0.717, 1.165) is 0 Å². The lowest BCUT2D eigenvalue weighted by atomic mass is 10.1. The van der Waals surface area contributed by atoms with Crippen molar-refractivity contribution in [3.05, 3.63) is 34.0 Å². The molecule has 3 rings (SSSR count). The van der Waals surface area contributed by atoms with E-state index in [1.165, 1.54) is 12.1 Å². The molecule has 0 bridgehead atoms. The fraction of sp³-hybridized carbons (Fsp3) is 0.308. The first kappa shape index (κ1) is 13.4. The van der Waals surface area contributed by atoms with Crippen LogP contribution in [0.25, 0.3) is 10.9 Å². The summed E-state index contributed by atoms with van der Waals surface area (Å²) < 4.78 is 1.76. The first-order chi connectivity index (χ1) is 9.99. The summed E-state index contributed by atoms with van der Waals surface area (Å²) in [6.07, 6.45) is -0.0831. The molecule has 8 heteroatoms. The van der Waals surface area contributed by atoms with Crippen molar-refractivity contribution in [1.29, 1.82) is 0 Å². The number of non-ortho nitro benzene ring substituents is 1. The fourth-order valence-corrected chi connectivity index (χ4v) is 2.85. The standard InChI is InChI=1S/C13H13N3O5/c17-12(18)4-8-5-14-6-11-13(19)9-3-7(16(20)21)1-2-10(9)15(8)11/h1-3,8,14,19H,4-6H2,(H,17,18). The van der Waals surface area contributed by atoms with E-state index in [-0.39, 0.29) is 23.9 Å². The molecule has 1 aromatic carbocycles. The number of carbonyl (C=O) groups is 1. The number of aliphatic carboxylic acids is 1. The van der Waals surface area contributed by atoms with Gasteiger partial charge in [0.05, 0.1) is 28.6 Å². The van der Waals surface area contributed by atoms with Gasteiger partial charge in [-0.3, -0.25) is 14.9 Å². The molecule has 0 amide bonds. The van der Waals surface area contributed by atoms with Crippen molar-refractivity contribution in [2.75, 3.05) is 6.54 Å². The maximum Gasteiger partial charge on any atom is 0.305 e. The number of aromatic hydroxyl groups is 1. The van der Waals surface area contributed by atoms with Crippen LogP contribution in [0.3, 0.4) is 0 Å². The molecule has 8 nitrogen and oxygen atoms in total. The Morgan fingerprint density at radius 3 is 2.95 bits per heavy atom. The van der Waals surface area contributed by atoms with Gasteiger partial charge in [0.2, 0.25) is 0 Å². The van der Waals surface area contributed by atoms with E-state index < -0.39 is 10.9 Å². The Morgan fingerprint density at radius 1 is 1.52 bits per heavy atom. The minimum atomic E-state index is -0.932. The van der Waals surface area contributed by atoms with Gasteiger partial charge in [0, 0.05) is 30.6 Å². The van der Waals surface area contributed by atoms with Crippen LogP contribution in [-0.2, 0) is 11.3 Å². The molecule has 1 aromatic heterocycles. The summed E-state index contributed by atoms with van der Waals surface area (Å²) in [7, 11) is 0. The van der Waals surface area contributed by atoms with E-state index in [1.807, 2.05) is 0 Å². The van der Waals surface area contributed by atoms with Crippen LogP contribution in [-0.4, -0.2) is 32.2 Å². The predicted octanol–water partition coefficient (Wildman–Crippen LogP) is 1.37. The third-order valence-electron chi connectivity index (χ3n) is 3.72. The van der Waals surface area contributed by atoms with E-state index in [9.17, 15) is 20.0 Å². The Bertz CT molecular complexity index is 752. The molecule has 21 heavy (non-hydrogen) atoms. The number of nitrogens with zero attached hydrogens (tertiary/aromatic N) is 2. The molecule has 0 saturated carbocycles. The van der Waals surface area contributed by atoms with Gasteiger partial charge in [-0.2, -0.15) is 0 Å². The predicted molar refractivity (Wildman–Crippen MR) is 73.3 cm³/mol. The van der Waals surface area contributed by atoms with Gasteiger partial charge in [-0.15, -0.1) is 0 Å². The SMILES string of the molecule is O=C(O)CC1CNCc2c(O)c3cc([N+](=O)[O-])ccc3n21. The summed E-state index contributed by atoms with van der Waals surface area (Å²) in [6, 6.07) is 3.88. The number of hydrogen-bond acceptors (Lipinski definition) is 5. The summed E-state index contributed by atoms with van der Waals surface area (Å²) in [4.78, 5) is 21.3. The van der Waals surface area contributed by atoms with Crippen LogP contribution in [0.15, 0.2) is 18.2 Å². The van der Waals surface area contributed by atoms with Crippen molar-refractivity contribution >= 4 is 22.6 Å². The summed E-state index contributed by atoms with van der Waals surface area (Å²) in [6.45, 7) is 0.865. The number of nitrogens with one attached hydrogen (secondary N) is 1. The molecule has 0 fully saturated rings. The number of carboxylic acid groups (broad SMARTS) is 1. The lowest BCUT2D eigenvalue weighted by molar-refractivity contribution is -0.384. The molecule has 1 aliphatic heterocycles. The molecule has 1 atom stereocenters. The van der Waals surface area contributed by atoms with Crippen molar-refractivity contribution in [1.82, 2.24) is 9.88 Å². The lowest BCUT2D eigenvalue weighted by Crippen LogP contribution is -2.33. The summed E-state index contributed by atoms with van der Waals surface area (Å²) in [5.41, 5.74) is 1.06. The molecular weight excluding hydrogens is 278 g/mol. The smallest absolute Gasteiger partial charge is 0.305 e. The second-order valence-corrected chi connectivity index (χ2v) is 5.01. The van der Waals surface area contributed by atoms with E-state index in [0.29, 0.717) is 29.7 Å². The van der Waals surface area contributed by atoms with Gasteiger partial charge in [-0.1, -0.05) is 0 Å². The van der Waals surface area contributed by atoms with Gasteiger partial charge in [0.25, 0.3) is 5.69 Å². The fourth-order valence-electron chi connectivity index (χ4n) is 2.85. The number of hydrogen-bond donors (Lipinski definition) is 3. The molecule has 0 spiro atoms. The zero-order chi connectivity index (χ0) is 15.1. The van der Waals surface area contributed by atoms with E-state index in [4.69, 9.17) is 5.11 Å². The number of nitro groups is 1. The molecule has 3 N–H and O–H groups in total. The number of fused-ring (bicyclic) bond motifs is 3. The Hall–Kier alpha value is -2.61. The molecule has 1 aliphatic rings. The molecule has 110 valence electrons. The van der Waals surface area contributed by atoms with Crippen LogP contribution >= 0.6 is 0 Å². The maximum absolute atomic E-state index is 11.0. The Labute approximate surface area is 118 Å². The van der Waals surface area contributed by atoms with Crippen molar-refractivity contribution < 1.29 is 19.9 Å². The van der Waals surface area contributed by atoms with E-state index in [1.54, 1.807) is 10.6 Å². The van der Waals surface area contributed by atoms with Crippen LogP contribution in [0.4, 0.5) is 5.69 Å². The average Bonchev–Trinajstić information content (AvgIpc) is 2.72. The highest BCUT2D eigenvalue weighted by Gasteiger charge is 2.28. The van der Waals surface area contributed by atoms with Crippen LogP contribution in [0.5, 0.6) is 5.75 Å². The number of nitro benzene ring substituents is 1. The monoisotopic (exact) mass is 291 g/mol. The number of benzene rings is 1. The van der Waals surface area contributed by atoms with Gasteiger partial charge in [0.1, 0.15) is 5.75 Å². The maximum atomic E-state index is 11.0. The Morgan fingerprint density at radius 2 is 2.29 bits per heavy atom. The van der Waals surface area contributed by atoms with Crippen LogP contribution < -0.4 is 5.32 Å². The second kappa shape index (κ2) is 4.74. The molecular formula is C13H13N3O5. The normalized spacial score (nSPS) is 17.6. The molecule has 0 saturated heterocycles. The van der Waals surface area contributed by atoms with Gasteiger partial charge in [-0.05, 0) is 6.07 Å².